The minimum absolute atomic E-state index is 0.0441. The van der Waals surface area contributed by atoms with Gasteiger partial charge in [-0.2, -0.15) is 0 Å². The Morgan fingerprint density at radius 1 is 0.761 bits per heavy atom. The summed E-state index contributed by atoms with van der Waals surface area (Å²) >= 11 is 0. The van der Waals surface area contributed by atoms with E-state index in [1.165, 1.54) is 56.3 Å². The summed E-state index contributed by atoms with van der Waals surface area (Å²) in [5.41, 5.74) is 15.3. The largest absolute Gasteiger partial charge is 0.337 e. The Balaban J connectivity index is 1.10. The average molecular weight is 597 g/mol. The van der Waals surface area contributed by atoms with Crippen molar-refractivity contribution >= 4 is 17.1 Å². The fourth-order valence-corrected chi connectivity index (χ4v) is 9.05. The highest BCUT2D eigenvalue weighted by Gasteiger charge is 2.48. The van der Waals surface area contributed by atoms with Gasteiger partial charge in [0, 0.05) is 45.8 Å². The first-order chi connectivity index (χ1) is 22.6. The molecule has 4 aromatic rings. The Labute approximate surface area is 273 Å². The van der Waals surface area contributed by atoms with E-state index in [4.69, 9.17) is 0 Å². The second-order valence-electron chi connectivity index (χ2n) is 13.9. The Morgan fingerprint density at radius 3 is 2.39 bits per heavy atom. The van der Waals surface area contributed by atoms with Gasteiger partial charge in [0.2, 0.25) is 0 Å². The molecule has 0 radical (unpaired) electrons. The van der Waals surface area contributed by atoms with E-state index in [0.717, 1.165) is 25.7 Å². The van der Waals surface area contributed by atoms with Crippen LogP contribution in [0.4, 0.5) is 17.1 Å². The van der Waals surface area contributed by atoms with Crippen molar-refractivity contribution in [3.8, 4) is 11.1 Å². The molecule has 4 aromatic carbocycles. The molecule has 4 atom stereocenters. The smallest absolute Gasteiger partial charge is 0.0497 e. The quantitative estimate of drug-likeness (QED) is 0.231. The van der Waals surface area contributed by atoms with Crippen LogP contribution in [0.1, 0.15) is 56.6 Å². The molecule has 0 aromatic heterocycles. The molecule has 9 rings (SSSR count). The van der Waals surface area contributed by atoms with Gasteiger partial charge in [-0.1, -0.05) is 110 Å². The van der Waals surface area contributed by atoms with Crippen molar-refractivity contribution in [3.63, 3.8) is 0 Å². The summed E-state index contributed by atoms with van der Waals surface area (Å²) in [5.74, 6) is 0.840. The zero-order valence-corrected chi connectivity index (χ0v) is 26.7. The molecule has 4 unspecified atom stereocenters. The molecular formula is C44H40N2. The van der Waals surface area contributed by atoms with E-state index < -0.39 is 0 Å². The molecule has 2 heteroatoms. The van der Waals surface area contributed by atoms with E-state index in [2.05, 4.69) is 163 Å². The van der Waals surface area contributed by atoms with Gasteiger partial charge in [-0.15, -0.1) is 0 Å². The first-order valence-electron chi connectivity index (χ1n) is 17.0. The Hall–Kier alpha value is -4.82. The summed E-state index contributed by atoms with van der Waals surface area (Å²) in [4.78, 5) is 5.21. The summed E-state index contributed by atoms with van der Waals surface area (Å²) in [6.45, 7) is 4.94. The predicted octanol–water partition coefficient (Wildman–Crippen LogP) is 11.1. The van der Waals surface area contributed by atoms with Crippen LogP contribution in [-0.4, -0.2) is 6.04 Å². The average Bonchev–Trinajstić information content (AvgIpc) is 3.57. The molecule has 0 fully saturated rings. The van der Waals surface area contributed by atoms with Crippen molar-refractivity contribution in [2.24, 2.45) is 5.92 Å². The van der Waals surface area contributed by atoms with Crippen LogP contribution < -0.4 is 9.80 Å². The maximum Gasteiger partial charge on any atom is 0.0497 e. The van der Waals surface area contributed by atoms with E-state index in [-0.39, 0.29) is 5.41 Å². The van der Waals surface area contributed by atoms with Gasteiger partial charge in [0.25, 0.3) is 0 Å². The van der Waals surface area contributed by atoms with Crippen LogP contribution in [-0.2, 0) is 5.41 Å². The normalized spacial score (nSPS) is 25.9. The molecule has 0 saturated carbocycles. The van der Waals surface area contributed by atoms with E-state index in [9.17, 15) is 0 Å². The van der Waals surface area contributed by atoms with E-state index in [0.29, 0.717) is 17.9 Å². The van der Waals surface area contributed by atoms with Crippen molar-refractivity contribution in [3.05, 3.63) is 173 Å². The summed E-state index contributed by atoms with van der Waals surface area (Å²) in [6.07, 6.45) is 18.7. The number of fused-ring (bicyclic) bond motifs is 6. The minimum Gasteiger partial charge on any atom is -0.337 e. The molecule has 2 heterocycles. The molecule has 2 aliphatic heterocycles. The molecule has 2 nitrogen and oxygen atoms in total. The zero-order chi connectivity index (χ0) is 30.8. The highest BCUT2D eigenvalue weighted by Crippen LogP contribution is 2.57. The van der Waals surface area contributed by atoms with Crippen molar-refractivity contribution < 1.29 is 0 Å². The van der Waals surface area contributed by atoms with Gasteiger partial charge < -0.3 is 9.80 Å². The number of hydrogen-bond donors (Lipinski definition) is 0. The second kappa shape index (κ2) is 10.6. The van der Waals surface area contributed by atoms with E-state index >= 15 is 0 Å². The lowest BCUT2D eigenvalue weighted by molar-refractivity contribution is 0.457. The predicted molar refractivity (Wildman–Crippen MR) is 192 cm³/mol. The van der Waals surface area contributed by atoms with Crippen molar-refractivity contribution in [1.82, 2.24) is 0 Å². The number of nitrogens with zero attached hydrogens (tertiary/aromatic N) is 2. The monoisotopic (exact) mass is 596 g/mol. The Bertz CT molecular complexity index is 2010. The lowest BCUT2D eigenvalue weighted by atomic mass is 9.68. The molecule has 0 spiro atoms. The van der Waals surface area contributed by atoms with Crippen LogP contribution in [0, 0.1) is 5.92 Å². The third kappa shape index (κ3) is 4.16. The van der Waals surface area contributed by atoms with Gasteiger partial charge >= 0.3 is 0 Å². The molecule has 0 bridgehead atoms. The fraction of sp³-hybridized carbons (Fsp3) is 0.227. The maximum absolute atomic E-state index is 2.65. The number of para-hydroxylation sites is 2. The van der Waals surface area contributed by atoms with E-state index in [1.807, 2.05) is 0 Å². The van der Waals surface area contributed by atoms with Crippen molar-refractivity contribution in [2.75, 3.05) is 9.80 Å². The summed E-state index contributed by atoms with van der Waals surface area (Å²) in [5, 5.41) is 0. The highest BCUT2D eigenvalue weighted by molar-refractivity contribution is 5.79. The lowest BCUT2D eigenvalue weighted by Gasteiger charge is -2.40. The summed E-state index contributed by atoms with van der Waals surface area (Å²) < 4.78 is 0. The molecule has 0 saturated heterocycles. The molecule has 5 aliphatic rings. The van der Waals surface area contributed by atoms with E-state index in [1.54, 1.807) is 5.57 Å². The Morgan fingerprint density at radius 2 is 1.54 bits per heavy atom. The van der Waals surface area contributed by atoms with Gasteiger partial charge in [0.05, 0.1) is 0 Å². The zero-order valence-electron chi connectivity index (χ0n) is 26.7. The minimum atomic E-state index is -0.0441. The van der Waals surface area contributed by atoms with Crippen LogP contribution in [0.5, 0.6) is 0 Å². The van der Waals surface area contributed by atoms with Crippen LogP contribution in [0.15, 0.2) is 162 Å². The van der Waals surface area contributed by atoms with Gasteiger partial charge in [-0.25, -0.2) is 0 Å². The van der Waals surface area contributed by atoms with Crippen molar-refractivity contribution in [1.29, 1.82) is 0 Å². The van der Waals surface area contributed by atoms with Gasteiger partial charge in [-0.05, 0) is 108 Å². The first kappa shape index (κ1) is 27.5. The van der Waals surface area contributed by atoms with Crippen molar-refractivity contribution in [2.45, 2.75) is 56.9 Å². The number of hydrogen-bond acceptors (Lipinski definition) is 2. The SMILES string of the molecule is CC1CC2C(C=C1C1=CC=C3N(C4=CC=CCC4)c4ccccc4C3(C)C1)c1ccccc1N2c1cccc(-c2ccccc2)c1. The number of allylic oxidation sites excluding steroid dienone is 9. The third-order valence-corrected chi connectivity index (χ3v) is 11.2. The number of anilines is 3. The molecule has 3 aliphatic carbocycles. The summed E-state index contributed by atoms with van der Waals surface area (Å²) in [6, 6.07) is 38.6. The maximum atomic E-state index is 2.65. The third-order valence-electron chi connectivity index (χ3n) is 11.2. The van der Waals surface area contributed by atoms with Crippen LogP contribution in [0.3, 0.4) is 0 Å². The molecule has 0 amide bonds. The fourth-order valence-electron chi connectivity index (χ4n) is 9.05. The lowest BCUT2D eigenvalue weighted by Crippen LogP contribution is -2.36. The summed E-state index contributed by atoms with van der Waals surface area (Å²) in [7, 11) is 0. The number of rotatable bonds is 4. The van der Waals surface area contributed by atoms with Crippen LogP contribution >= 0.6 is 0 Å². The molecule has 0 N–H and O–H groups in total. The van der Waals surface area contributed by atoms with Gasteiger partial charge in [-0.3, -0.25) is 0 Å². The number of benzene rings is 4. The highest BCUT2D eigenvalue weighted by atomic mass is 15.2. The van der Waals surface area contributed by atoms with Gasteiger partial charge in [0.15, 0.2) is 0 Å². The second-order valence-corrected chi connectivity index (χ2v) is 13.9. The van der Waals surface area contributed by atoms with Gasteiger partial charge in [0.1, 0.15) is 0 Å². The topological polar surface area (TPSA) is 6.48 Å². The van der Waals surface area contributed by atoms with Crippen LogP contribution in [0.25, 0.3) is 11.1 Å². The first-order valence-corrected chi connectivity index (χ1v) is 17.0. The molecule has 46 heavy (non-hydrogen) atoms. The molecule has 226 valence electrons. The molecular weight excluding hydrogens is 556 g/mol. The Kier molecular flexibility index (Phi) is 6.35. The van der Waals surface area contributed by atoms with Crippen LogP contribution in [0.2, 0.25) is 0 Å². The standard InChI is InChI=1S/C44H40N2/c1-30-26-42-38(36-20-9-11-22-40(36)45(42)35-19-13-16-32(27-35)31-14-5-3-6-15-31)28-37(30)33-24-25-43-44(2,29-33)39-21-10-12-23-41(39)46(43)34-17-7-4-8-18-34/h3-7,9-17,19-25,27-28,30,38,42H,8,18,26,29H2,1-2H3.